The van der Waals surface area contributed by atoms with E-state index in [1.54, 1.807) is 4.68 Å². The summed E-state index contributed by atoms with van der Waals surface area (Å²) in [6.45, 7) is 2.16. The van der Waals surface area contributed by atoms with Gasteiger partial charge in [0.05, 0.1) is 18.9 Å². The number of tetrazole rings is 1. The van der Waals surface area contributed by atoms with Crippen LogP contribution in [0.5, 0.6) is 0 Å². The summed E-state index contributed by atoms with van der Waals surface area (Å²) < 4.78 is 6.72. The van der Waals surface area contributed by atoms with E-state index >= 15 is 0 Å². The zero-order chi connectivity index (χ0) is 17.2. The predicted molar refractivity (Wildman–Crippen MR) is 87.3 cm³/mol. The van der Waals surface area contributed by atoms with Crippen molar-refractivity contribution in [2.45, 2.75) is 62.2 Å². The molecule has 0 saturated heterocycles. The Kier molecular flexibility index (Phi) is 5.07. The number of methoxy groups -OCH3 is 1. The molecule has 1 N–H and O–H groups in total. The molecule has 24 heavy (non-hydrogen) atoms. The van der Waals surface area contributed by atoms with Crippen LogP contribution in [0.4, 0.5) is 0 Å². The van der Waals surface area contributed by atoms with Crippen LogP contribution < -0.4 is 5.32 Å². The van der Waals surface area contributed by atoms with Gasteiger partial charge >= 0.3 is 5.97 Å². The largest absolute Gasteiger partial charge is 0.467 e. The van der Waals surface area contributed by atoms with Crippen LogP contribution in [-0.4, -0.2) is 50.5 Å². The highest BCUT2D eigenvalue weighted by molar-refractivity contribution is 7.99. The standard InChI is InChI=1S/C15H23N5O3S/c1-10-5-7-15(8-6-10,13(22)23-2)16-12(21)9-24-14-17-18-19-20(14)11-3-4-11/h10-11H,3-9H2,1-2H3,(H,16,21). The number of aromatic nitrogens is 4. The summed E-state index contributed by atoms with van der Waals surface area (Å²) in [6, 6.07) is 0.367. The van der Waals surface area contributed by atoms with Gasteiger partial charge in [-0.1, -0.05) is 18.7 Å². The quantitative estimate of drug-likeness (QED) is 0.608. The SMILES string of the molecule is COC(=O)C1(NC(=O)CSc2nnnn2C2CC2)CCC(C)CC1. The lowest BCUT2D eigenvalue weighted by atomic mass is 9.77. The number of amides is 1. The molecule has 1 amide bonds. The van der Waals surface area contributed by atoms with Crippen molar-refractivity contribution in [1.29, 1.82) is 0 Å². The molecular formula is C15H23N5O3S. The molecule has 8 nitrogen and oxygen atoms in total. The maximum atomic E-state index is 12.4. The number of esters is 1. The van der Waals surface area contributed by atoms with Crippen LogP contribution in [0.2, 0.25) is 0 Å². The Balaban J connectivity index is 1.59. The number of rotatable bonds is 6. The molecule has 2 aliphatic carbocycles. The molecular weight excluding hydrogens is 330 g/mol. The van der Waals surface area contributed by atoms with E-state index in [0.717, 1.165) is 25.7 Å². The topological polar surface area (TPSA) is 99.0 Å². The molecule has 2 saturated carbocycles. The van der Waals surface area contributed by atoms with Gasteiger partial charge in [0, 0.05) is 0 Å². The molecule has 1 aromatic rings. The van der Waals surface area contributed by atoms with Crippen LogP contribution in [0.3, 0.4) is 0 Å². The van der Waals surface area contributed by atoms with Crippen molar-refractivity contribution in [2.24, 2.45) is 5.92 Å². The van der Waals surface area contributed by atoms with Gasteiger partial charge in [-0.3, -0.25) is 4.79 Å². The zero-order valence-corrected chi connectivity index (χ0v) is 14.8. The van der Waals surface area contributed by atoms with Crippen molar-refractivity contribution in [3.63, 3.8) is 0 Å². The molecule has 3 rings (SSSR count). The Morgan fingerprint density at radius 2 is 2.04 bits per heavy atom. The van der Waals surface area contributed by atoms with Gasteiger partial charge in [0.1, 0.15) is 5.54 Å². The van der Waals surface area contributed by atoms with Crippen LogP contribution in [0.1, 0.15) is 51.5 Å². The summed E-state index contributed by atoms with van der Waals surface area (Å²) in [5.74, 6) is 0.208. The Morgan fingerprint density at radius 3 is 2.67 bits per heavy atom. The summed E-state index contributed by atoms with van der Waals surface area (Å²) in [5.41, 5.74) is -0.888. The van der Waals surface area contributed by atoms with E-state index in [1.807, 2.05) is 0 Å². The van der Waals surface area contributed by atoms with Gasteiger partial charge in [-0.15, -0.1) is 5.10 Å². The van der Waals surface area contributed by atoms with E-state index in [-0.39, 0.29) is 17.6 Å². The number of hydrogen-bond acceptors (Lipinski definition) is 7. The summed E-state index contributed by atoms with van der Waals surface area (Å²) >= 11 is 1.30. The van der Waals surface area contributed by atoms with Crippen molar-refractivity contribution in [3.05, 3.63) is 0 Å². The minimum atomic E-state index is -0.888. The summed E-state index contributed by atoms with van der Waals surface area (Å²) in [5, 5.41) is 15.2. The van der Waals surface area contributed by atoms with Gasteiger partial charge in [0.25, 0.3) is 0 Å². The molecule has 0 bridgehead atoms. The van der Waals surface area contributed by atoms with Crippen molar-refractivity contribution in [3.8, 4) is 0 Å². The second kappa shape index (κ2) is 7.08. The number of carbonyl (C=O) groups excluding carboxylic acids is 2. The Bertz CT molecular complexity index is 608. The van der Waals surface area contributed by atoms with E-state index in [9.17, 15) is 9.59 Å². The van der Waals surface area contributed by atoms with E-state index in [2.05, 4.69) is 27.8 Å². The van der Waals surface area contributed by atoms with Crippen LogP contribution >= 0.6 is 11.8 Å². The Hall–Kier alpha value is -1.64. The molecule has 0 atom stereocenters. The first-order chi connectivity index (χ1) is 11.5. The van der Waals surface area contributed by atoms with Crippen LogP contribution in [0.15, 0.2) is 5.16 Å². The normalized spacial score (nSPS) is 26.8. The summed E-state index contributed by atoms with van der Waals surface area (Å²) in [4.78, 5) is 24.6. The molecule has 1 aromatic heterocycles. The Morgan fingerprint density at radius 1 is 1.33 bits per heavy atom. The van der Waals surface area contributed by atoms with Gasteiger partial charge in [-0.2, -0.15) is 0 Å². The van der Waals surface area contributed by atoms with Gasteiger partial charge < -0.3 is 10.1 Å². The highest BCUT2D eigenvalue weighted by Crippen LogP contribution is 2.36. The highest BCUT2D eigenvalue weighted by Gasteiger charge is 2.43. The molecule has 1 heterocycles. The molecule has 2 aliphatic rings. The maximum Gasteiger partial charge on any atom is 0.331 e. The number of thioether (sulfide) groups is 1. The fourth-order valence-corrected chi connectivity index (χ4v) is 3.84. The fourth-order valence-electron chi connectivity index (χ4n) is 3.09. The molecule has 2 fully saturated rings. The molecule has 0 aliphatic heterocycles. The third-order valence-electron chi connectivity index (χ3n) is 4.77. The smallest absolute Gasteiger partial charge is 0.331 e. The van der Waals surface area contributed by atoms with Crippen molar-refractivity contribution < 1.29 is 14.3 Å². The Labute approximate surface area is 145 Å². The van der Waals surface area contributed by atoms with Crippen LogP contribution in [0, 0.1) is 5.92 Å². The van der Waals surface area contributed by atoms with Gasteiger partial charge in [-0.05, 0) is 54.9 Å². The number of carbonyl (C=O) groups is 2. The van der Waals surface area contributed by atoms with E-state index < -0.39 is 5.54 Å². The maximum absolute atomic E-state index is 12.4. The lowest BCUT2D eigenvalue weighted by molar-refractivity contribution is -0.152. The number of ether oxygens (including phenoxy) is 1. The van der Waals surface area contributed by atoms with Crippen molar-refractivity contribution in [1.82, 2.24) is 25.5 Å². The number of nitrogens with zero attached hydrogens (tertiary/aromatic N) is 4. The molecule has 0 unspecified atom stereocenters. The van der Waals surface area contributed by atoms with Crippen LogP contribution in [-0.2, 0) is 14.3 Å². The minimum absolute atomic E-state index is 0.182. The van der Waals surface area contributed by atoms with Gasteiger partial charge in [-0.25, -0.2) is 9.48 Å². The van der Waals surface area contributed by atoms with Crippen LogP contribution in [0.25, 0.3) is 0 Å². The molecule has 0 aromatic carbocycles. The first-order valence-corrected chi connectivity index (χ1v) is 9.33. The fraction of sp³-hybridized carbons (Fsp3) is 0.800. The number of hydrogen-bond donors (Lipinski definition) is 1. The average Bonchev–Trinajstić information content (AvgIpc) is 3.32. The second-order valence-electron chi connectivity index (χ2n) is 6.73. The third kappa shape index (κ3) is 3.71. The molecule has 132 valence electrons. The summed E-state index contributed by atoms with van der Waals surface area (Å²) in [7, 11) is 1.37. The first-order valence-electron chi connectivity index (χ1n) is 8.34. The van der Waals surface area contributed by atoms with Gasteiger partial charge in [0.2, 0.25) is 11.1 Å². The van der Waals surface area contributed by atoms with Crippen molar-refractivity contribution in [2.75, 3.05) is 12.9 Å². The first kappa shape index (κ1) is 17.2. The second-order valence-corrected chi connectivity index (χ2v) is 7.67. The van der Waals surface area contributed by atoms with Crippen molar-refractivity contribution >= 4 is 23.6 Å². The average molecular weight is 353 g/mol. The predicted octanol–water partition coefficient (Wildman–Crippen LogP) is 1.34. The lowest BCUT2D eigenvalue weighted by Crippen LogP contribution is -2.57. The molecule has 9 heteroatoms. The van der Waals surface area contributed by atoms with E-state index in [0.29, 0.717) is 30.0 Å². The monoisotopic (exact) mass is 353 g/mol. The third-order valence-corrected chi connectivity index (χ3v) is 5.70. The zero-order valence-electron chi connectivity index (χ0n) is 14.0. The van der Waals surface area contributed by atoms with E-state index in [1.165, 1.54) is 18.9 Å². The lowest BCUT2D eigenvalue weighted by Gasteiger charge is -2.37. The minimum Gasteiger partial charge on any atom is -0.467 e. The molecule has 0 radical (unpaired) electrons. The molecule has 0 spiro atoms. The highest BCUT2D eigenvalue weighted by atomic mass is 32.2. The van der Waals surface area contributed by atoms with Gasteiger partial charge in [0.15, 0.2) is 0 Å². The van der Waals surface area contributed by atoms with E-state index in [4.69, 9.17) is 4.74 Å². The number of nitrogens with one attached hydrogen (secondary N) is 1. The summed E-state index contributed by atoms with van der Waals surface area (Å²) in [6.07, 6.45) is 5.21.